The van der Waals surface area contributed by atoms with Crippen molar-refractivity contribution in [3.63, 3.8) is 0 Å². The first-order valence-electron chi connectivity index (χ1n) is 6.00. The van der Waals surface area contributed by atoms with E-state index in [9.17, 15) is 4.79 Å². The number of hydrogen-bond acceptors (Lipinski definition) is 4. The summed E-state index contributed by atoms with van der Waals surface area (Å²) in [5.41, 5.74) is 0. The third kappa shape index (κ3) is 4.32. The summed E-state index contributed by atoms with van der Waals surface area (Å²) in [4.78, 5) is 12.0. The Hall–Kier alpha value is 0.0300. The zero-order valence-electron chi connectivity index (χ0n) is 10.1. The van der Waals surface area contributed by atoms with Gasteiger partial charge in [0.05, 0.1) is 12.7 Å². The summed E-state index contributed by atoms with van der Waals surface area (Å²) in [6.45, 7) is 3.42. The molecule has 2 fully saturated rings. The Morgan fingerprint density at radius 1 is 1.41 bits per heavy atom. The molecule has 0 bridgehead atoms. The van der Waals surface area contributed by atoms with Crippen LogP contribution in [0.1, 0.15) is 19.8 Å². The van der Waals surface area contributed by atoms with Gasteiger partial charge in [-0.05, 0) is 31.3 Å². The zero-order chi connectivity index (χ0) is 11.4. The van der Waals surface area contributed by atoms with Crippen LogP contribution in [-0.2, 0) is 9.53 Å². The molecule has 1 amide bonds. The van der Waals surface area contributed by atoms with Gasteiger partial charge in [0.1, 0.15) is 6.04 Å². The van der Waals surface area contributed by atoms with Gasteiger partial charge in [-0.3, -0.25) is 4.79 Å². The van der Waals surface area contributed by atoms with Gasteiger partial charge in [0.15, 0.2) is 0 Å². The lowest BCUT2D eigenvalue weighted by molar-refractivity contribution is -0.129. The highest BCUT2D eigenvalue weighted by Gasteiger charge is 2.29. The summed E-state index contributed by atoms with van der Waals surface area (Å²) >= 11 is 1.97. The van der Waals surface area contributed by atoms with Crippen LogP contribution >= 0.6 is 24.2 Å². The SMILES string of the molecule is C[C@H]1OCCN[C@@H]1C(=O)NC1CCSCC1.Cl. The second-order valence-electron chi connectivity index (χ2n) is 4.40. The van der Waals surface area contributed by atoms with Crippen molar-refractivity contribution in [3.05, 3.63) is 0 Å². The predicted octanol–water partition coefficient (Wildman–Crippen LogP) is 0.797. The lowest BCUT2D eigenvalue weighted by Crippen LogP contribution is -2.57. The number of nitrogens with one attached hydrogen (secondary N) is 2. The molecule has 0 saturated carbocycles. The summed E-state index contributed by atoms with van der Waals surface area (Å²) in [5.74, 6) is 2.42. The van der Waals surface area contributed by atoms with Gasteiger partial charge in [0.2, 0.25) is 5.91 Å². The Bertz CT molecular complexity index is 250. The fourth-order valence-electron chi connectivity index (χ4n) is 2.16. The second-order valence-corrected chi connectivity index (χ2v) is 5.63. The average Bonchev–Trinajstić information content (AvgIpc) is 2.31. The lowest BCUT2D eigenvalue weighted by Gasteiger charge is -2.31. The van der Waals surface area contributed by atoms with Crippen LogP contribution in [0.2, 0.25) is 0 Å². The molecule has 0 aromatic heterocycles. The molecule has 0 spiro atoms. The van der Waals surface area contributed by atoms with Crippen LogP contribution < -0.4 is 10.6 Å². The number of ether oxygens (including phenoxy) is 1. The number of amides is 1. The molecule has 0 radical (unpaired) electrons. The predicted molar refractivity (Wildman–Crippen MR) is 72.9 cm³/mol. The van der Waals surface area contributed by atoms with Gasteiger partial charge in [0.25, 0.3) is 0 Å². The molecule has 2 saturated heterocycles. The monoisotopic (exact) mass is 280 g/mol. The third-order valence-electron chi connectivity index (χ3n) is 3.17. The largest absolute Gasteiger partial charge is 0.375 e. The van der Waals surface area contributed by atoms with E-state index in [2.05, 4.69) is 10.6 Å². The Labute approximate surface area is 113 Å². The number of rotatable bonds is 2. The highest BCUT2D eigenvalue weighted by molar-refractivity contribution is 7.99. The van der Waals surface area contributed by atoms with Crippen molar-refractivity contribution in [2.24, 2.45) is 0 Å². The van der Waals surface area contributed by atoms with Crippen molar-refractivity contribution in [1.82, 2.24) is 10.6 Å². The standard InChI is InChI=1S/C11H20N2O2S.ClH/c1-8-10(12-4-5-15-8)11(14)13-9-2-6-16-7-3-9;/h8-10,12H,2-7H2,1H3,(H,13,14);1H/t8-,10+;/m1./s1. The maximum atomic E-state index is 12.0. The van der Waals surface area contributed by atoms with Gasteiger partial charge in [-0.25, -0.2) is 0 Å². The smallest absolute Gasteiger partial charge is 0.240 e. The van der Waals surface area contributed by atoms with Crippen molar-refractivity contribution in [3.8, 4) is 0 Å². The Morgan fingerprint density at radius 3 is 2.76 bits per heavy atom. The topological polar surface area (TPSA) is 50.4 Å². The lowest BCUT2D eigenvalue weighted by atomic mass is 10.1. The summed E-state index contributed by atoms with van der Waals surface area (Å²) in [5, 5.41) is 6.34. The van der Waals surface area contributed by atoms with Crippen molar-refractivity contribution >= 4 is 30.1 Å². The minimum Gasteiger partial charge on any atom is -0.375 e. The molecular formula is C11H21ClN2O2S. The normalized spacial score (nSPS) is 30.4. The molecule has 2 atom stereocenters. The first kappa shape index (κ1) is 15.1. The van der Waals surface area contributed by atoms with Gasteiger partial charge in [-0.2, -0.15) is 11.8 Å². The maximum Gasteiger partial charge on any atom is 0.240 e. The van der Waals surface area contributed by atoms with Crippen LogP contribution in [-0.4, -0.2) is 48.8 Å². The van der Waals surface area contributed by atoms with E-state index in [1.807, 2.05) is 18.7 Å². The van der Waals surface area contributed by atoms with Crippen LogP contribution in [0, 0.1) is 0 Å². The molecule has 0 unspecified atom stereocenters. The molecule has 0 aromatic rings. The maximum absolute atomic E-state index is 12.0. The van der Waals surface area contributed by atoms with Crippen LogP contribution in [0.15, 0.2) is 0 Å². The molecule has 2 rings (SSSR count). The van der Waals surface area contributed by atoms with Crippen LogP contribution in [0.3, 0.4) is 0 Å². The fourth-order valence-corrected chi connectivity index (χ4v) is 3.27. The van der Waals surface area contributed by atoms with Crippen LogP contribution in [0.4, 0.5) is 0 Å². The van der Waals surface area contributed by atoms with Crippen molar-refractivity contribution in [1.29, 1.82) is 0 Å². The van der Waals surface area contributed by atoms with E-state index in [1.165, 1.54) is 0 Å². The second kappa shape index (κ2) is 7.46. The summed E-state index contributed by atoms with van der Waals surface area (Å²) in [6.07, 6.45) is 2.17. The quantitative estimate of drug-likeness (QED) is 0.786. The first-order valence-corrected chi connectivity index (χ1v) is 7.16. The van der Waals surface area contributed by atoms with E-state index in [0.29, 0.717) is 12.6 Å². The molecule has 2 heterocycles. The van der Waals surface area contributed by atoms with Gasteiger partial charge in [-0.15, -0.1) is 12.4 Å². The zero-order valence-corrected chi connectivity index (χ0v) is 11.7. The number of halogens is 1. The van der Waals surface area contributed by atoms with Gasteiger partial charge in [0, 0.05) is 12.6 Å². The third-order valence-corrected chi connectivity index (χ3v) is 4.22. The number of carbonyl (C=O) groups is 1. The minimum absolute atomic E-state index is 0. The molecule has 4 nitrogen and oxygen atoms in total. The molecule has 2 aliphatic rings. The van der Waals surface area contributed by atoms with E-state index in [-0.39, 0.29) is 30.5 Å². The van der Waals surface area contributed by atoms with Crippen LogP contribution in [0.25, 0.3) is 0 Å². The molecule has 0 aromatic carbocycles. The molecule has 0 aliphatic carbocycles. The Balaban J connectivity index is 0.00000144. The Kier molecular flexibility index (Phi) is 6.62. The molecule has 6 heteroatoms. The first-order chi connectivity index (χ1) is 7.77. The molecular weight excluding hydrogens is 260 g/mol. The summed E-state index contributed by atoms with van der Waals surface area (Å²) < 4.78 is 5.47. The van der Waals surface area contributed by atoms with E-state index in [1.54, 1.807) is 0 Å². The molecule has 2 aliphatic heterocycles. The van der Waals surface area contributed by atoms with E-state index < -0.39 is 0 Å². The van der Waals surface area contributed by atoms with E-state index in [0.717, 1.165) is 30.9 Å². The Morgan fingerprint density at radius 2 is 2.12 bits per heavy atom. The fraction of sp³-hybridized carbons (Fsp3) is 0.909. The highest BCUT2D eigenvalue weighted by Crippen LogP contribution is 2.17. The minimum atomic E-state index is -0.177. The number of thioether (sulfide) groups is 1. The van der Waals surface area contributed by atoms with E-state index >= 15 is 0 Å². The van der Waals surface area contributed by atoms with E-state index in [4.69, 9.17) is 4.74 Å². The summed E-state index contributed by atoms with van der Waals surface area (Å²) in [6, 6.07) is 0.188. The van der Waals surface area contributed by atoms with Crippen molar-refractivity contribution in [2.75, 3.05) is 24.7 Å². The molecule has 2 N–H and O–H groups in total. The number of morpholine rings is 1. The number of hydrogen-bond donors (Lipinski definition) is 2. The summed E-state index contributed by atoms with van der Waals surface area (Å²) in [7, 11) is 0. The van der Waals surface area contributed by atoms with Gasteiger partial charge < -0.3 is 15.4 Å². The van der Waals surface area contributed by atoms with Gasteiger partial charge >= 0.3 is 0 Å². The number of carbonyl (C=O) groups excluding carboxylic acids is 1. The van der Waals surface area contributed by atoms with Gasteiger partial charge in [-0.1, -0.05) is 0 Å². The highest BCUT2D eigenvalue weighted by atomic mass is 35.5. The van der Waals surface area contributed by atoms with Crippen LogP contribution in [0.5, 0.6) is 0 Å². The molecule has 17 heavy (non-hydrogen) atoms. The van der Waals surface area contributed by atoms with Crippen molar-refractivity contribution in [2.45, 2.75) is 38.0 Å². The average molecular weight is 281 g/mol. The molecule has 100 valence electrons. The van der Waals surface area contributed by atoms with Crippen molar-refractivity contribution < 1.29 is 9.53 Å².